The van der Waals surface area contributed by atoms with Crippen molar-refractivity contribution < 1.29 is 0 Å². The van der Waals surface area contributed by atoms with Gasteiger partial charge in [0.2, 0.25) is 0 Å². The second-order valence-corrected chi connectivity index (χ2v) is 4.73. The summed E-state index contributed by atoms with van der Waals surface area (Å²) in [7, 11) is 0. The fourth-order valence-electron chi connectivity index (χ4n) is 1.82. The molecule has 0 aliphatic heterocycles. The zero-order chi connectivity index (χ0) is 11.1. The van der Waals surface area contributed by atoms with Crippen LogP contribution in [0.4, 0.5) is 0 Å². The molecule has 1 unspecified atom stereocenters. The van der Waals surface area contributed by atoms with Crippen LogP contribution in [0.1, 0.15) is 37.6 Å². The second kappa shape index (κ2) is 6.99. The summed E-state index contributed by atoms with van der Waals surface area (Å²) in [6, 6.07) is 4.72. The van der Waals surface area contributed by atoms with E-state index in [4.69, 9.17) is 5.73 Å². The van der Waals surface area contributed by atoms with Gasteiger partial charge in [0.25, 0.3) is 0 Å². The summed E-state index contributed by atoms with van der Waals surface area (Å²) < 4.78 is 0. The van der Waals surface area contributed by atoms with Crippen LogP contribution in [0.5, 0.6) is 0 Å². The first-order chi connectivity index (χ1) is 7.33. The first kappa shape index (κ1) is 12.7. The second-order valence-electron chi connectivity index (χ2n) is 3.75. The maximum absolute atomic E-state index is 5.88. The van der Waals surface area contributed by atoms with Crippen molar-refractivity contribution in [3.63, 3.8) is 0 Å². The van der Waals surface area contributed by atoms with E-state index in [-0.39, 0.29) is 0 Å². The quantitative estimate of drug-likeness (QED) is 0.774. The van der Waals surface area contributed by atoms with Crippen LogP contribution >= 0.6 is 11.3 Å². The van der Waals surface area contributed by atoms with Gasteiger partial charge in [-0.1, -0.05) is 26.3 Å². The van der Waals surface area contributed by atoms with Crippen LogP contribution in [0, 0.1) is 0 Å². The Morgan fingerprint density at radius 1 is 1.47 bits per heavy atom. The molecule has 0 amide bonds. The van der Waals surface area contributed by atoms with E-state index in [2.05, 4.69) is 36.3 Å². The third-order valence-corrected chi connectivity index (χ3v) is 3.71. The molecule has 0 aromatic carbocycles. The van der Waals surface area contributed by atoms with Gasteiger partial charge < -0.3 is 5.73 Å². The number of hydrogen-bond acceptors (Lipinski definition) is 3. The highest BCUT2D eigenvalue weighted by Gasteiger charge is 2.17. The summed E-state index contributed by atoms with van der Waals surface area (Å²) in [5, 5.41) is 2.13. The molecule has 0 aliphatic rings. The highest BCUT2D eigenvalue weighted by atomic mass is 32.1. The molecular weight excluding hydrogens is 204 g/mol. The molecule has 0 saturated heterocycles. The number of unbranched alkanes of at least 4 members (excludes halogenated alkanes) is 1. The number of rotatable bonds is 7. The van der Waals surface area contributed by atoms with E-state index in [1.807, 2.05) is 11.3 Å². The Kier molecular flexibility index (Phi) is 5.91. The summed E-state index contributed by atoms with van der Waals surface area (Å²) >= 11 is 1.81. The third-order valence-electron chi connectivity index (χ3n) is 2.74. The minimum Gasteiger partial charge on any atom is -0.329 e. The first-order valence-corrected chi connectivity index (χ1v) is 6.68. The Labute approximate surface area is 97.1 Å². The lowest BCUT2D eigenvalue weighted by molar-refractivity contribution is 0.212. The predicted molar refractivity (Wildman–Crippen MR) is 68.3 cm³/mol. The molecule has 1 heterocycles. The molecule has 0 bridgehead atoms. The Balaban J connectivity index is 2.62. The summed E-state index contributed by atoms with van der Waals surface area (Å²) in [4.78, 5) is 3.88. The Bertz CT molecular complexity index is 246. The number of nitrogens with two attached hydrogens (primary N) is 1. The van der Waals surface area contributed by atoms with E-state index in [0.717, 1.165) is 19.6 Å². The molecular formula is C12H22N2S. The molecule has 0 spiro atoms. The van der Waals surface area contributed by atoms with E-state index in [1.54, 1.807) is 0 Å². The normalized spacial score (nSPS) is 13.3. The standard InChI is InChI=1S/C12H22N2S/c1-3-5-8-14(4-2)11(10-13)12-7-6-9-15-12/h6-7,9,11H,3-5,8,10,13H2,1-2H3. The van der Waals surface area contributed by atoms with Gasteiger partial charge in [-0.15, -0.1) is 11.3 Å². The monoisotopic (exact) mass is 226 g/mol. The van der Waals surface area contributed by atoms with Crippen molar-refractivity contribution in [2.75, 3.05) is 19.6 Å². The zero-order valence-electron chi connectivity index (χ0n) is 9.78. The summed E-state index contributed by atoms with van der Waals surface area (Å²) in [6.45, 7) is 7.41. The molecule has 1 aromatic rings. The van der Waals surface area contributed by atoms with Crippen molar-refractivity contribution in [2.24, 2.45) is 5.73 Å². The summed E-state index contributed by atoms with van der Waals surface area (Å²) in [5.41, 5.74) is 5.88. The number of thiophene rings is 1. The molecule has 0 aliphatic carbocycles. The van der Waals surface area contributed by atoms with Crippen molar-refractivity contribution in [1.29, 1.82) is 0 Å². The Hall–Kier alpha value is -0.380. The van der Waals surface area contributed by atoms with E-state index in [1.165, 1.54) is 17.7 Å². The van der Waals surface area contributed by atoms with Gasteiger partial charge >= 0.3 is 0 Å². The van der Waals surface area contributed by atoms with Crippen molar-refractivity contribution in [3.05, 3.63) is 22.4 Å². The lowest BCUT2D eigenvalue weighted by Gasteiger charge is -2.28. The number of likely N-dealkylation sites (N-methyl/N-ethyl adjacent to an activating group) is 1. The van der Waals surface area contributed by atoms with Crippen molar-refractivity contribution in [2.45, 2.75) is 32.7 Å². The smallest absolute Gasteiger partial charge is 0.0564 e. The highest BCUT2D eigenvalue weighted by molar-refractivity contribution is 7.10. The molecule has 1 rings (SSSR count). The van der Waals surface area contributed by atoms with Gasteiger partial charge in [0.1, 0.15) is 0 Å². The van der Waals surface area contributed by atoms with Gasteiger partial charge in [0.15, 0.2) is 0 Å². The Morgan fingerprint density at radius 3 is 2.73 bits per heavy atom. The molecule has 0 saturated carbocycles. The molecule has 0 radical (unpaired) electrons. The maximum atomic E-state index is 5.88. The number of hydrogen-bond donors (Lipinski definition) is 1. The predicted octanol–water partition coefficient (Wildman–Crippen LogP) is 2.87. The van der Waals surface area contributed by atoms with Gasteiger partial charge in [0, 0.05) is 11.4 Å². The zero-order valence-corrected chi connectivity index (χ0v) is 10.6. The van der Waals surface area contributed by atoms with Crippen molar-refractivity contribution in [1.82, 2.24) is 4.90 Å². The molecule has 3 heteroatoms. The van der Waals surface area contributed by atoms with E-state index < -0.39 is 0 Å². The molecule has 86 valence electrons. The van der Waals surface area contributed by atoms with Gasteiger partial charge in [-0.25, -0.2) is 0 Å². The first-order valence-electron chi connectivity index (χ1n) is 5.81. The van der Waals surface area contributed by atoms with Gasteiger partial charge in [-0.05, 0) is 31.0 Å². The highest BCUT2D eigenvalue weighted by Crippen LogP contribution is 2.24. The molecule has 2 nitrogen and oxygen atoms in total. The van der Waals surface area contributed by atoms with Crippen LogP contribution < -0.4 is 5.73 Å². The lowest BCUT2D eigenvalue weighted by atomic mass is 10.2. The van der Waals surface area contributed by atoms with Crippen LogP contribution in [0.25, 0.3) is 0 Å². The molecule has 2 N–H and O–H groups in total. The summed E-state index contributed by atoms with van der Waals surface area (Å²) in [6.07, 6.45) is 2.51. The fourth-order valence-corrected chi connectivity index (χ4v) is 2.70. The van der Waals surface area contributed by atoms with E-state index in [9.17, 15) is 0 Å². The minimum absolute atomic E-state index is 0.418. The van der Waals surface area contributed by atoms with Gasteiger partial charge in [-0.2, -0.15) is 0 Å². The third kappa shape index (κ3) is 3.59. The maximum Gasteiger partial charge on any atom is 0.0564 e. The molecule has 0 fully saturated rings. The molecule has 1 aromatic heterocycles. The molecule has 1 atom stereocenters. The van der Waals surface area contributed by atoms with Gasteiger partial charge in [-0.3, -0.25) is 4.90 Å². The number of nitrogens with zero attached hydrogens (tertiary/aromatic N) is 1. The largest absolute Gasteiger partial charge is 0.329 e. The van der Waals surface area contributed by atoms with Crippen LogP contribution in [0.2, 0.25) is 0 Å². The van der Waals surface area contributed by atoms with E-state index in [0.29, 0.717) is 6.04 Å². The Morgan fingerprint density at radius 2 is 2.27 bits per heavy atom. The SMILES string of the molecule is CCCCN(CC)C(CN)c1cccs1. The van der Waals surface area contributed by atoms with Crippen LogP contribution in [0.3, 0.4) is 0 Å². The van der Waals surface area contributed by atoms with Crippen molar-refractivity contribution in [3.8, 4) is 0 Å². The van der Waals surface area contributed by atoms with Crippen molar-refractivity contribution >= 4 is 11.3 Å². The average Bonchev–Trinajstić information content (AvgIpc) is 2.77. The molecule has 15 heavy (non-hydrogen) atoms. The van der Waals surface area contributed by atoms with Gasteiger partial charge in [0.05, 0.1) is 6.04 Å². The van der Waals surface area contributed by atoms with Crippen LogP contribution in [-0.2, 0) is 0 Å². The minimum atomic E-state index is 0.418. The van der Waals surface area contributed by atoms with Crippen LogP contribution in [0.15, 0.2) is 17.5 Å². The van der Waals surface area contributed by atoms with Crippen LogP contribution in [-0.4, -0.2) is 24.5 Å². The fraction of sp³-hybridized carbons (Fsp3) is 0.667. The summed E-state index contributed by atoms with van der Waals surface area (Å²) in [5.74, 6) is 0. The topological polar surface area (TPSA) is 29.3 Å². The lowest BCUT2D eigenvalue weighted by Crippen LogP contribution is -2.33. The average molecular weight is 226 g/mol. The van der Waals surface area contributed by atoms with E-state index >= 15 is 0 Å².